The van der Waals surface area contributed by atoms with Crippen molar-refractivity contribution in [3.63, 3.8) is 0 Å². The molecule has 0 saturated carbocycles. The molecule has 1 atom stereocenters. The summed E-state index contributed by atoms with van der Waals surface area (Å²) in [5.74, 6) is -0.376. The molecule has 1 unspecified atom stereocenters. The second-order valence-electron chi connectivity index (χ2n) is 2.92. The number of rotatable bonds is 7. The number of ether oxygens (including phenoxy) is 2. The Kier molecular flexibility index (Phi) is 7.63. The maximum absolute atomic E-state index is 10.8. The van der Waals surface area contributed by atoms with Crippen molar-refractivity contribution in [2.24, 2.45) is 5.73 Å². The maximum Gasteiger partial charge on any atom is 0.322 e. The SMILES string of the molecule is CCCCOCCOC(=O)C(C)N. The first-order valence-electron chi connectivity index (χ1n) is 4.68. The number of unbranched alkanes of at least 4 members (excludes halogenated alkanes) is 1. The van der Waals surface area contributed by atoms with Crippen LogP contribution in [0.3, 0.4) is 0 Å². The molecule has 0 saturated heterocycles. The zero-order valence-electron chi connectivity index (χ0n) is 8.41. The second kappa shape index (κ2) is 8.01. The predicted molar refractivity (Wildman–Crippen MR) is 50.3 cm³/mol. The van der Waals surface area contributed by atoms with Crippen molar-refractivity contribution in [2.45, 2.75) is 32.7 Å². The smallest absolute Gasteiger partial charge is 0.322 e. The Morgan fingerprint density at radius 3 is 2.62 bits per heavy atom. The lowest BCUT2D eigenvalue weighted by molar-refractivity contribution is -0.146. The van der Waals surface area contributed by atoms with Gasteiger partial charge in [-0.1, -0.05) is 13.3 Å². The van der Waals surface area contributed by atoms with Gasteiger partial charge in [0.1, 0.15) is 12.6 Å². The summed E-state index contributed by atoms with van der Waals surface area (Å²) in [6, 6.07) is -0.546. The second-order valence-corrected chi connectivity index (χ2v) is 2.92. The molecule has 0 aromatic rings. The van der Waals surface area contributed by atoms with Crippen LogP contribution in [-0.4, -0.2) is 31.8 Å². The minimum Gasteiger partial charge on any atom is -0.462 e. The summed E-state index contributed by atoms with van der Waals surface area (Å²) >= 11 is 0. The fourth-order valence-electron chi connectivity index (χ4n) is 0.681. The van der Waals surface area contributed by atoms with E-state index in [1.807, 2.05) is 0 Å². The molecule has 0 fully saturated rings. The number of hydrogen-bond donors (Lipinski definition) is 1. The molecule has 0 aliphatic heterocycles. The van der Waals surface area contributed by atoms with E-state index in [0.29, 0.717) is 13.2 Å². The summed E-state index contributed by atoms with van der Waals surface area (Å²) in [7, 11) is 0. The topological polar surface area (TPSA) is 61.5 Å². The minimum atomic E-state index is -0.546. The van der Waals surface area contributed by atoms with E-state index in [-0.39, 0.29) is 5.97 Å². The molecule has 0 bridgehead atoms. The van der Waals surface area contributed by atoms with Crippen LogP contribution < -0.4 is 5.73 Å². The standard InChI is InChI=1S/C9H19NO3/c1-3-4-5-12-6-7-13-9(11)8(2)10/h8H,3-7,10H2,1-2H3. The third kappa shape index (κ3) is 7.74. The quantitative estimate of drug-likeness (QED) is 0.473. The molecular weight excluding hydrogens is 170 g/mol. The Morgan fingerprint density at radius 1 is 1.38 bits per heavy atom. The Morgan fingerprint density at radius 2 is 2.08 bits per heavy atom. The number of esters is 1. The lowest BCUT2D eigenvalue weighted by atomic mass is 10.4. The van der Waals surface area contributed by atoms with Crippen LogP contribution in [-0.2, 0) is 14.3 Å². The first kappa shape index (κ1) is 12.4. The average Bonchev–Trinajstić information content (AvgIpc) is 2.10. The molecule has 0 radical (unpaired) electrons. The lowest BCUT2D eigenvalue weighted by Crippen LogP contribution is -2.29. The van der Waals surface area contributed by atoms with Crippen molar-refractivity contribution in [3.05, 3.63) is 0 Å². The van der Waals surface area contributed by atoms with Gasteiger partial charge in [-0.25, -0.2) is 0 Å². The van der Waals surface area contributed by atoms with Crippen LogP contribution >= 0.6 is 0 Å². The molecule has 0 aliphatic carbocycles. The van der Waals surface area contributed by atoms with Gasteiger partial charge in [0.15, 0.2) is 0 Å². The highest BCUT2D eigenvalue weighted by atomic mass is 16.6. The summed E-state index contributed by atoms with van der Waals surface area (Å²) in [4.78, 5) is 10.8. The van der Waals surface area contributed by atoms with Gasteiger partial charge in [0, 0.05) is 6.61 Å². The van der Waals surface area contributed by atoms with E-state index in [1.165, 1.54) is 0 Å². The van der Waals surface area contributed by atoms with E-state index in [0.717, 1.165) is 19.4 Å². The van der Waals surface area contributed by atoms with Crippen LogP contribution in [0.4, 0.5) is 0 Å². The van der Waals surface area contributed by atoms with Crippen LogP contribution in [0.25, 0.3) is 0 Å². The molecule has 0 heterocycles. The molecule has 0 aromatic heterocycles. The van der Waals surface area contributed by atoms with E-state index in [4.69, 9.17) is 15.2 Å². The van der Waals surface area contributed by atoms with Gasteiger partial charge >= 0.3 is 5.97 Å². The molecule has 4 nitrogen and oxygen atoms in total. The molecule has 13 heavy (non-hydrogen) atoms. The van der Waals surface area contributed by atoms with Crippen molar-refractivity contribution >= 4 is 5.97 Å². The largest absolute Gasteiger partial charge is 0.462 e. The molecule has 0 aromatic carbocycles. The highest BCUT2D eigenvalue weighted by Crippen LogP contribution is 1.89. The van der Waals surface area contributed by atoms with E-state index in [1.54, 1.807) is 6.92 Å². The molecule has 0 aliphatic rings. The minimum absolute atomic E-state index is 0.296. The van der Waals surface area contributed by atoms with Gasteiger partial charge in [-0.05, 0) is 13.3 Å². The highest BCUT2D eigenvalue weighted by molar-refractivity contribution is 5.74. The molecule has 0 amide bonds. The van der Waals surface area contributed by atoms with Gasteiger partial charge in [-0.3, -0.25) is 4.79 Å². The van der Waals surface area contributed by atoms with Gasteiger partial charge in [-0.2, -0.15) is 0 Å². The molecule has 4 heteroatoms. The molecule has 78 valence electrons. The average molecular weight is 189 g/mol. The fraction of sp³-hybridized carbons (Fsp3) is 0.889. The predicted octanol–water partition coefficient (Wildman–Crippen LogP) is 0.694. The number of nitrogens with two attached hydrogens (primary N) is 1. The van der Waals surface area contributed by atoms with Crippen LogP contribution in [0, 0.1) is 0 Å². The Labute approximate surface area is 79.4 Å². The van der Waals surface area contributed by atoms with Crippen molar-refractivity contribution < 1.29 is 14.3 Å². The number of hydrogen-bond acceptors (Lipinski definition) is 4. The number of carbonyl (C=O) groups excluding carboxylic acids is 1. The van der Waals surface area contributed by atoms with E-state index in [9.17, 15) is 4.79 Å². The first-order chi connectivity index (χ1) is 6.18. The summed E-state index contributed by atoms with van der Waals surface area (Å²) < 4.78 is 9.98. The molecule has 0 rings (SSSR count). The number of carbonyl (C=O) groups is 1. The van der Waals surface area contributed by atoms with Crippen LogP contribution in [0.15, 0.2) is 0 Å². The Hall–Kier alpha value is -0.610. The zero-order chi connectivity index (χ0) is 10.1. The van der Waals surface area contributed by atoms with Crippen molar-refractivity contribution in [3.8, 4) is 0 Å². The van der Waals surface area contributed by atoms with Crippen LogP contribution in [0.2, 0.25) is 0 Å². The fourth-order valence-corrected chi connectivity index (χ4v) is 0.681. The van der Waals surface area contributed by atoms with Crippen molar-refractivity contribution in [2.75, 3.05) is 19.8 Å². The maximum atomic E-state index is 10.8. The lowest BCUT2D eigenvalue weighted by Gasteiger charge is -2.07. The zero-order valence-corrected chi connectivity index (χ0v) is 8.41. The van der Waals surface area contributed by atoms with Crippen molar-refractivity contribution in [1.82, 2.24) is 0 Å². The molecular formula is C9H19NO3. The van der Waals surface area contributed by atoms with Gasteiger partial charge in [-0.15, -0.1) is 0 Å². The van der Waals surface area contributed by atoms with Gasteiger partial charge in [0.2, 0.25) is 0 Å². The van der Waals surface area contributed by atoms with Gasteiger partial charge in [0.25, 0.3) is 0 Å². The molecule has 2 N–H and O–H groups in total. The summed E-state index contributed by atoms with van der Waals surface area (Å²) in [5.41, 5.74) is 5.28. The third-order valence-electron chi connectivity index (χ3n) is 1.49. The molecule has 0 spiro atoms. The summed E-state index contributed by atoms with van der Waals surface area (Å²) in [6.45, 7) is 5.18. The van der Waals surface area contributed by atoms with Crippen LogP contribution in [0.5, 0.6) is 0 Å². The van der Waals surface area contributed by atoms with Gasteiger partial charge < -0.3 is 15.2 Å². The van der Waals surface area contributed by atoms with E-state index < -0.39 is 6.04 Å². The Bertz CT molecular complexity index is 137. The van der Waals surface area contributed by atoms with Crippen molar-refractivity contribution in [1.29, 1.82) is 0 Å². The van der Waals surface area contributed by atoms with E-state index in [2.05, 4.69) is 6.92 Å². The first-order valence-corrected chi connectivity index (χ1v) is 4.68. The highest BCUT2D eigenvalue weighted by Gasteiger charge is 2.07. The summed E-state index contributed by atoms with van der Waals surface area (Å²) in [5, 5.41) is 0. The Balaban J connectivity index is 3.12. The third-order valence-corrected chi connectivity index (χ3v) is 1.49. The van der Waals surface area contributed by atoms with Crippen LogP contribution in [0.1, 0.15) is 26.7 Å². The monoisotopic (exact) mass is 189 g/mol. The summed E-state index contributed by atoms with van der Waals surface area (Å²) in [6.07, 6.45) is 2.15. The van der Waals surface area contributed by atoms with Gasteiger partial charge in [0.05, 0.1) is 6.61 Å². The normalized spacial score (nSPS) is 12.5. The van der Waals surface area contributed by atoms with E-state index >= 15 is 0 Å².